The summed E-state index contributed by atoms with van der Waals surface area (Å²) < 4.78 is 92.9. The maximum absolute atomic E-state index is 14.9. The molecule has 1 aliphatic carbocycles. The number of rotatable bonds is 9. The smallest absolute Gasteiger partial charge is 0.326 e. The first-order valence-corrected chi connectivity index (χ1v) is 13.8. The fraction of sp³-hybridized carbons (Fsp3) is 0.222. The number of ketones is 1. The van der Waals surface area contributed by atoms with Gasteiger partial charge >= 0.3 is 12.3 Å². The van der Waals surface area contributed by atoms with Gasteiger partial charge in [-0.1, -0.05) is 17.7 Å². The van der Waals surface area contributed by atoms with Gasteiger partial charge in [0.05, 0.1) is 26.7 Å². The normalized spacial score (nSPS) is 17.5. The molecule has 16 heteroatoms. The third-order valence-electron chi connectivity index (χ3n) is 6.53. The van der Waals surface area contributed by atoms with E-state index in [-0.39, 0.29) is 20.7 Å². The zero-order valence-electron chi connectivity index (χ0n) is 20.9. The van der Waals surface area contributed by atoms with E-state index in [1.54, 1.807) is 0 Å². The summed E-state index contributed by atoms with van der Waals surface area (Å²) in [4.78, 5) is 37.5. The van der Waals surface area contributed by atoms with E-state index in [1.165, 1.54) is 30.3 Å². The van der Waals surface area contributed by atoms with E-state index >= 15 is 0 Å². The second-order valence-corrected chi connectivity index (χ2v) is 12.1. The highest BCUT2D eigenvalue weighted by molar-refractivity contribution is 9.10. The highest BCUT2D eigenvalue weighted by Crippen LogP contribution is 2.65. The third kappa shape index (κ3) is 6.64. The van der Waals surface area contributed by atoms with E-state index in [9.17, 15) is 45.1 Å². The molecule has 3 aromatic carbocycles. The average Bonchev–Trinajstić information content (AvgIpc) is 3.52. The number of hydrogen-bond acceptors (Lipinski definition) is 3. The predicted molar refractivity (Wildman–Crippen MR) is 149 cm³/mol. The van der Waals surface area contributed by atoms with Crippen LogP contribution in [0.1, 0.15) is 27.4 Å². The van der Waals surface area contributed by atoms with E-state index < -0.39 is 81.2 Å². The second-order valence-electron chi connectivity index (χ2n) is 9.35. The summed E-state index contributed by atoms with van der Waals surface area (Å²) in [5.41, 5.74) is -1.87. The highest BCUT2D eigenvalue weighted by atomic mass is 79.9. The molecule has 2 N–H and O–H groups in total. The molecule has 0 radical (unpaired) electrons. The average molecular weight is 735 g/mol. The van der Waals surface area contributed by atoms with Crippen molar-refractivity contribution in [2.75, 3.05) is 10.6 Å². The number of Topliss-reactive ketones (excluding diaryl/α,β-unsaturated/α-hetero) is 1. The maximum atomic E-state index is 14.9. The molecule has 5 nitrogen and oxygen atoms in total. The number of amides is 2. The van der Waals surface area contributed by atoms with Gasteiger partial charge in [-0.2, -0.15) is 8.78 Å². The van der Waals surface area contributed by atoms with Gasteiger partial charge in [0.25, 0.3) is 5.91 Å². The quantitative estimate of drug-likeness (QED) is 0.172. The van der Waals surface area contributed by atoms with Crippen LogP contribution >= 0.6 is 50.7 Å². The molecule has 0 spiro atoms. The molecular formula is C27H15BrCl3F7N2O3. The lowest BCUT2D eigenvalue weighted by atomic mass is 10.0. The lowest BCUT2D eigenvalue weighted by molar-refractivity contribution is -0.166. The summed E-state index contributed by atoms with van der Waals surface area (Å²) in [6.45, 7) is 0. The van der Waals surface area contributed by atoms with E-state index in [0.717, 1.165) is 6.07 Å². The van der Waals surface area contributed by atoms with Crippen molar-refractivity contribution >= 4 is 79.7 Å². The molecule has 2 atom stereocenters. The summed E-state index contributed by atoms with van der Waals surface area (Å²) in [6.07, 6.45) is -6.12. The molecule has 43 heavy (non-hydrogen) atoms. The fourth-order valence-corrected chi connectivity index (χ4v) is 5.64. The lowest BCUT2D eigenvalue weighted by Gasteiger charge is -2.15. The van der Waals surface area contributed by atoms with Crippen molar-refractivity contribution in [2.24, 2.45) is 5.92 Å². The Hall–Kier alpha value is -2.87. The van der Waals surface area contributed by atoms with E-state index in [4.69, 9.17) is 34.8 Å². The van der Waals surface area contributed by atoms with Gasteiger partial charge in [-0.05, 0) is 64.0 Å². The van der Waals surface area contributed by atoms with Gasteiger partial charge in [0.1, 0.15) is 16.0 Å². The zero-order valence-corrected chi connectivity index (χ0v) is 24.8. The minimum Gasteiger partial charge on any atom is -0.326 e. The van der Waals surface area contributed by atoms with Gasteiger partial charge in [-0.25, -0.2) is 22.0 Å². The van der Waals surface area contributed by atoms with Crippen molar-refractivity contribution in [2.45, 2.75) is 29.0 Å². The maximum Gasteiger partial charge on any atom is 0.364 e. The molecule has 4 rings (SSSR count). The van der Waals surface area contributed by atoms with Crippen LogP contribution in [0.3, 0.4) is 0 Å². The molecule has 0 heterocycles. The van der Waals surface area contributed by atoms with Crippen LogP contribution in [0.5, 0.6) is 0 Å². The Labute approximate surface area is 261 Å². The Morgan fingerprint density at radius 2 is 1.60 bits per heavy atom. The fourth-order valence-electron chi connectivity index (χ4n) is 4.22. The van der Waals surface area contributed by atoms with Crippen molar-refractivity contribution in [3.05, 3.63) is 92.2 Å². The molecule has 1 saturated carbocycles. The molecule has 1 fully saturated rings. The van der Waals surface area contributed by atoms with Crippen LogP contribution < -0.4 is 10.6 Å². The van der Waals surface area contributed by atoms with Crippen molar-refractivity contribution in [3.8, 4) is 0 Å². The summed E-state index contributed by atoms with van der Waals surface area (Å²) in [7, 11) is 0. The van der Waals surface area contributed by atoms with Gasteiger partial charge in [0, 0.05) is 23.6 Å². The van der Waals surface area contributed by atoms with Crippen molar-refractivity contribution in [1.29, 1.82) is 0 Å². The number of alkyl halides is 6. The van der Waals surface area contributed by atoms with Crippen LogP contribution in [0.2, 0.25) is 5.02 Å². The standard InChI is InChI=1S/C27H15BrCl3F7N2O3/c28-14-7-10(1-4-17(14)33)20-21(26(20,30)31)24(43)39-11-2-3-15(29)12(8-11)23(42)40-18-6-5-16(32)13(22(18)34)9-19(41)27(37,38)25(35)36/h1-8,20-21,25H,9H2,(H,39,43)(H,40,42)/t20-,21+/m0/s1. The number of anilines is 2. The Kier molecular flexibility index (Phi) is 9.42. The number of nitrogens with one attached hydrogen (secondary N) is 2. The van der Waals surface area contributed by atoms with E-state index in [1.807, 2.05) is 5.32 Å². The Bertz CT molecular complexity index is 1640. The molecule has 0 bridgehead atoms. The summed E-state index contributed by atoms with van der Waals surface area (Å²) in [5.74, 6) is -14.7. The van der Waals surface area contributed by atoms with Gasteiger partial charge in [0.2, 0.25) is 11.7 Å². The lowest BCUT2D eigenvalue weighted by Crippen LogP contribution is -2.38. The van der Waals surface area contributed by atoms with Gasteiger partial charge in [-0.15, -0.1) is 23.2 Å². The van der Waals surface area contributed by atoms with Gasteiger partial charge < -0.3 is 10.6 Å². The van der Waals surface area contributed by atoms with Crippen LogP contribution in [0.25, 0.3) is 0 Å². The summed E-state index contributed by atoms with van der Waals surface area (Å²) >= 11 is 21.8. The predicted octanol–water partition coefficient (Wildman–Crippen LogP) is 8.31. The van der Waals surface area contributed by atoms with Crippen molar-refractivity contribution in [1.82, 2.24) is 0 Å². The number of carbonyl (C=O) groups excluding carboxylic acids is 3. The Balaban J connectivity index is 1.51. The topological polar surface area (TPSA) is 75.3 Å². The Morgan fingerprint density at radius 3 is 2.23 bits per heavy atom. The van der Waals surface area contributed by atoms with Crippen LogP contribution in [-0.4, -0.2) is 34.3 Å². The van der Waals surface area contributed by atoms with Gasteiger partial charge in [0.15, 0.2) is 5.82 Å². The molecule has 0 aliphatic heterocycles. The molecule has 0 unspecified atom stereocenters. The molecule has 0 saturated heterocycles. The first-order valence-electron chi connectivity index (χ1n) is 11.9. The molecule has 228 valence electrons. The summed E-state index contributed by atoms with van der Waals surface area (Å²) in [6, 6.07) is 8.89. The minimum atomic E-state index is -5.15. The minimum absolute atomic E-state index is 0.0229. The van der Waals surface area contributed by atoms with Gasteiger partial charge in [-0.3, -0.25) is 14.4 Å². The Morgan fingerprint density at radius 1 is 0.953 bits per heavy atom. The number of halogens is 11. The van der Waals surface area contributed by atoms with Crippen LogP contribution in [0.15, 0.2) is 53.0 Å². The molecular weight excluding hydrogens is 720 g/mol. The molecule has 1 aliphatic rings. The van der Waals surface area contributed by atoms with Crippen LogP contribution in [0, 0.1) is 23.4 Å². The number of hydrogen-bond donors (Lipinski definition) is 2. The molecule has 0 aromatic heterocycles. The van der Waals surface area contributed by atoms with Crippen molar-refractivity contribution < 1.29 is 45.1 Å². The van der Waals surface area contributed by atoms with Crippen LogP contribution in [-0.2, 0) is 16.0 Å². The number of carbonyl (C=O) groups is 3. The highest BCUT2D eigenvalue weighted by Gasteiger charge is 2.67. The monoisotopic (exact) mass is 732 g/mol. The molecule has 2 amide bonds. The van der Waals surface area contributed by atoms with E-state index in [2.05, 4.69) is 21.2 Å². The number of benzene rings is 3. The first kappa shape index (κ1) is 33.0. The third-order valence-corrected chi connectivity index (χ3v) is 8.41. The van der Waals surface area contributed by atoms with Crippen molar-refractivity contribution in [3.63, 3.8) is 0 Å². The zero-order chi connectivity index (χ0) is 32.0. The summed E-state index contributed by atoms with van der Waals surface area (Å²) in [5, 5.41) is 4.37. The second kappa shape index (κ2) is 12.3. The largest absolute Gasteiger partial charge is 0.364 e. The van der Waals surface area contributed by atoms with Crippen LogP contribution in [0.4, 0.5) is 42.1 Å². The van der Waals surface area contributed by atoms with E-state index in [0.29, 0.717) is 17.7 Å². The molecule has 3 aromatic rings. The SMILES string of the molecule is O=C(Nc1ccc(F)c(CC(=O)C(F)(F)C(F)F)c1F)c1cc(NC(=O)[C@H]2[C@H](c3ccc(F)c(Br)c3)C2(Cl)Cl)ccc1Cl. The first-order chi connectivity index (χ1) is 20.0.